The maximum absolute atomic E-state index is 11.8. The number of nitriles is 1. The lowest BCUT2D eigenvalue weighted by atomic mass is 10.2. The van der Waals surface area contributed by atoms with E-state index in [-0.39, 0.29) is 5.57 Å². The quantitative estimate of drug-likeness (QED) is 0.522. The summed E-state index contributed by atoms with van der Waals surface area (Å²) in [4.78, 5) is 22.6. The van der Waals surface area contributed by atoms with E-state index in [1.807, 2.05) is 30.3 Å². The van der Waals surface area contributed by atoms with Gasteiger partial charge in [0.1, 0.15) is 29.2 Å². The van der Waals surface area contributed by atoms with Gasteiger partial charge in [-0.25, -0.2) is 0 Å². The van der Waals surface area contributed by atoms with Crippen molar-refractivity contribution in [2.24, 2.45) is 0 Å². The number of rotatable bonds is 7. The zero-order valence-electron chi connectivity index (χ0n) is 14.0. The summed E-state index contributed by atoms with van der Waals surface area (Å²) in [7, 11) is 0. The lowest BCUT2D eigenvalue weighted by Crippen LogP contribution is -2.39. The molecule has 1 atom stereocenters. The van der Waals surface area contributed by atoms with E-state index in [9.17, 15) is 9.59 Å². The highest BCUT2D eigenvalue weighted by molar-refractivity contribution is 5.99. The molecule has 2 rings (SSSR count). The van der Waals surface area contributed by atoms with E-state index in [1.54, 1.807) is 30.3 Å². The Bertz CT molecular complexity index is 839. The number of benzene rings is 2. The van der Waals surface area contributed by atoms with Crippen molar-refractivity contribution < 1.29 is 19.4 Å². The normalized spacial score (nSPS) is 11.8. The Morgan fingerprint density at radius 3 is 2.31 bits per heavy atom. The molecule has 0 spiro atoms. The minimum Gasteiger partial charge on any atom is -0.480 e. The highest BCUT2D eigenvalue weighted by atomic mass is 16.5. The third-order valence-electron chi connectivity index (χ3n) is 3.30. The fourth-order valence-electron chi connectivity index (χ4n) is 1.88. The Morgan fingerprint density at radius 1 is 1.12 bits per heavy atom. The molecule has 2 aromatic carbocycles. The average molecular weight is 351 g/mol. The minimum atomic E-state index is -1.18. The van der Waals surface area contributed by atoms with Gasteiger partial charge in [0.2, 0.25) is 0 Å². The zero-order chi connectivity index (χ0) is 18.9. The topological polar surface area (TPSA) is 111 Å². The van der Waals surface area contributed by atoms with Crippen LogP contribution in [-0.4, -0.2) is 23.0 Å². The summed E-state index contributed by atoms with van der Waals surface area (Å²) in [6.07, 6.45) is 1.22. The number of anilines is 1. The van der Waals surface area contributed by atoms with Gasteiger partial charge in [0.25, 0.3) is 5.91 Å². The number of para-hydroxylation sites is 1. The average Bonchev–Trinajstić information content (AvgIpc) is 2.64. The number of carbonyl (C=O) groups excluding carboxylic acids is 1. The first-order valence-electron chi connectivity index (χ1n) is 7.73. The van der Waals surface area contributed by atoms with Crippen molar-refractivity contribution in [3.8, 4) is 17.6 Å². The first kappa shape index (κ1) is 18.5. The van der Waals surface area contributed by atoms with Crippen LogP contribution in [-0.2, 0) is 9.59 Å². The lowest BCUT2D eigenvalue weighted by Gasteiger charge is -2.09. The van der Waals surface area contributed by atoms with Crippen LogP contribution in [0, 0.1) is 11.3 Å². The van der Waals surface area contributed by atoms with Gasteiger partial charge in [0, 0.05) is 11.9 Å². The van der Waals surface area contributed by atoms with Gasteiger partial charge in [-0.05, 0) is 43.3 Å². The first-order valence-corrected chi connectivity index (χ1v) is 7.73. The monoisotopic (exact) mass is 351 g/mol. The Morgan fingerprint density at radius 2 is 1.73 bits per heavy atom. The van der Waals surface area contributed by atoms with Crippen LogP contribution >= 0.6 is 0 Å². The number of nitrogens with zero attached hydrogens (tertiary/aromatic N) is 1. The second kappa shape index (κ2) is 8.89. The standard InChI is InChI=1S/C19H17N3O4/c1-13(19(24)25)22-18(23)14(11-20)12-21-15-7-9-17(10-8-15)26-16-5-3-2-4-6-16/h2-10,12-13,21H,1H3,(H,22,23)(H,24,25)/b14-12-. The third-order valence-corrected chi connectivity index (χ3v) is 3.30. The second-order valence-electron chi connectivity index (χ2n) is 5.29. The van der Waals surface area contributed by atoms with E-state index in [4.69, 9.17) is 15.1 Å². The summed E-state index contributed by atoms with van der Waals surface area (Å²) in [5.74, 6) is -0.597. The van der Waals surface area contributed by atoms with E-state index in [1.165, 1.54) is 13.1 Å². The van der Waals surface area contributed by atoms with Gasteiger partial charge >= 0.3 is 5.97 Å². The molecule has 0 aliphatic heterocycles. The van der Waals surface area contributed by atoms with Gasteiger partial charge < -0.3 is 20.5 Å². The van der Waals surface area contributed by atoms with E-state index in [0.717, 1.165) is 0 Å². The van der Waals surface area contributed by atoms with Crippen LogP contribution < -0.4 is 15.4 Å². The van der Waals surface area contributed by atoms with Crippen LogP contribution in [0.25, 0.3) is 0 Å². The predicted octanol–water partition coefficient (Wildman–Crippen LogP) is 2.89. The van der Waals surface area contributed by atoms with Crippen molar-refractivity contribution in [2.75, 3.05) is 5.32 Å². The number of carboxylic acid groups (broad SMARTS) is 1. The molecule has 0 saturated carbocycles. The fourth-order valence-corrected chi connectivity index (χ4v) is 1.88. The SMILES string of the molecule is CC(NC(=O)/C(C#N)=C\Nc1ccc(Oc2ccccc2)cc1)C(=O)O. The van der Waals surface area contributed by atoms with Crippen molar-refractivity contribution in [2.45, 2.75) is 13.0 Å². The first-order chi connectivity index (χ1) is 12.5. The van der Waals surface area contributed by atoms with Crippen LogP contribution in [0.5, 0.6) is 11.5 Å². The Hall–Kier alpha value is -3.79. The van der Waals surface area contributed by atoms with Crippen molar-refractivity contribution in [1.29, 1.82) is 5.26 Å². The second-order valence-corrected chi connectivity index (χ2v) is 5.29. The van der Waals surface area contributed by atoms with Crippen molar-refractivity contribution in [3.05, 3.63) is 66.4 Å². The summed E-state index contributed by atoms with van der Waals surface area (Å²) in [6, 6.07) is 16.9. The third kappa shape index (κ3) is 5.39. The molecule has 1 amide bonds. The number of carboxylic acids is 1. The van der Waals surface area contributed by atoms with E-state index in [0.29, 0.717) is 17.2 Å². The molecule has 7 nitrogen and oxygen atoms in total. The summed E-state index contributed by atoms with van der Waals surface area (Å²) in [5, 5.41) is 22.9. The Balaban J connectivity index is 1.98. The molecule has 0 aliphatic carbocycles. The predicted molar refractivity (Wildman–Crippen MR) is 95.5 cm³/mol. The van der Waals surface area contributed by atoms with Gasteiger partial charge in [-0.3, -0.25) is 9.59 Å². The van der Waals surface area contributed by atoms with Crippen molar-refractivity contribution in [3.63, 3.8) is 0 Å². The molecular weight excluding hydrogens is 334 g/mol. The van der Waals surface area contributed by atoms with Crippen LogP contribution in [0.3, 0.4) is 0 Å². The van der Waals surface area contributed by atoms with Crippen LogP contribution in [0.4, 0.5) is 5.69 Å². The van der Waals surface area contributed by atoms with Gasteiger partial charge in [0.15, 0.2) is 0 Å². The summed E-state index contributed by atoms with van der Waals surface area (Å²) in [6.45, 7) is 1.31. The maximum Gasteiger partial charge on any atom is 0.325 e. The van der Waals surface area contributed by atoms with Gasteiger partial charge in [-0.1, -0.05) is 18.2 Å². The highest BCUT2D eigenvalue weighted by Gasteiger charge is 2.16. The molecule has 7 heteroatoms. The number of ether oxygens (including phenoxy) is 1. The number of amides is 1. The molecule has 132 valence electrons. The molecule has 0 aromatic heterocycles. The number of hydrogen-bond donors (Lipinski definition) is 3. The zero-order valence-corrected chi connectivity index (χ0v) is 14.0. The van der Waals surface area contributed by atoms with Gasteiger partial charge in [-0.2, -0.15) is 5.26 Å². The lowest BCUT2D eigenvalue weighted by molar-refractivity contribution is -0.140. The molecule has 0 heterocycles. The number of nitrogens with one attached hydrogen (secondary N) is 2. The number of hydrogen-bond acceptors (Lipinski definition) is 5. The summed E-state index contributed by atoms with van der Waals surface area (Å²) < 4.78 is 5.67. The molecule has 0 saturated heterocycles. The summed E-state index contributed by atoms with van der Waals surface area (Å²) in [5.41, 5.74) is 0.403. The van der Waals surface area contributed by atoms with Crippen LogP contribution in [0.2, 0.25) is 0 Å². The number of aliphatic carboxylic acids is 1. The molecule has 1 unspecified atom stereocenters. The molecule has 2 aromatic rings. The largest absolute Gasteiger partial charge is 0.480 e. The van der Waals surface area contributed by atoms with Crippen molar-refractivity contribution in [1.82, 2.24) is 5.32 Å². The maximum atomic E-state index is 11.8. The summed E-state index contributed by atoms with van der Waals surface area (Å²) >= 11 is 0. The van der Waals surface area contributed by atoms with Gasteiger partial charge in [-0.15, -0.1) is 0 Å². The molecule has 0 fully saturated rings. The smallest absolute Gasteiger partial charge is 0.325 e. The molecule has 0 bridgehead atoms. The van der Waals surface area contributed by atoms with E-state index < -0.39 is 17.9 Å². The fraction of sp³-hybridized carbons (Fsp3) is 0.105. The van der Waals surface area contributed by atoms with Crippen LogP contribution in [0.1, 0.15) is 6.92 Å². The number of carbonyl (C=O) groups is 2. The van der Waals surface area contributed by atoms with E-state index >= 15 is 0 Å². The molecular formula is C19H17N3O4. The molecule has 26 heavy (non-hydrogen) atoms. The van der Waals surface area contributed by atoms with Crippen molar-refractivity contribution >= 4 is 17.6 Å². The molecule has 3 N–H and O–H groups in total. The highest BCUT2D eigenvalue weighted by Crippen LogP contribution is 2.22. The molecule has 0 aliphatic rings. The van der Waals surface area contributed by atoms with Crippen LogP contribution in [0.15, 0.2) is 66.4 Å². The van der Waals surface area contributed by atoms with E-state index in [2.05, 4.69) is 10.6 Å². The van der Waals surface area contributed by atoms with Gasteiger partial charge in [0.05, 0.1) is 0 Å². The minimum absolute atomic E-state index is 0.234. The Kier molecular flexibility index (Phi) is 6.34. The Labute approximate surface area is 150 Å². The molecule has 0 radical (unpaired) electrons.